The standard InChI is InChI=1S/C19H31N3O4/c1-19(2,3)26-18(24)21-9-7-14(8-10-21)17(23)15-12-20-22(13-15)16-6-4-5-11-25-16/h12-14,16-17,23H,4-11H2,1-3H3. The van der Waals surface area contributed by atoms with Gasteiger partial charge >= 0.3 is 6.09 Å². The van der Waals surface area contributed by atoms with E-state index >= 15 is 0 Å². The van der Waals surface area contributed by atoms with Crippen molar-refractivity contribution in [3.8, 4) is 0 Å². The highest BCUT2D eigenvalue weighted by Gasteiger charge is 2.31. The fraction of sp³-hybridized carbons (Fsp3) is 0.789. The molecule has 1 aromatic heterocycles. The number of nitrogens with zero attached hydrogens (tertiary/aromatic N) is 3. The minimum absolute atomic E-state index is 0.0151. The molecule has 0 aliphatic carbocycles. The van der Waals surface area contributed by atoms with Crippen molar-refractivity contribution in [1.82, 2.24) is 14.7 Å². The third-order valence-electron chi connectivity index (χ3n) is 5.05. The van der Waals surface area contributed by atoms with Crippen molar-refractivity contribution < 1.29 is 19.4 Å². The van der Waals surface area contributed by atoms with Gasteiger partial charge in [-0.25, -0.2) is 9.48 Å². The molecule has 1 aromatic rings. The largest absolute Gasteiger partial charge is 0.444 e. The van der Waals surface area contributed by atoms with Crippen LogP contribution in [0, 0.1) is 5.92 Å². The highest BCUT2D eigenvalue weighted by Crippen LogP contribution is 2.32. The van der Waals surface area contributed by atoms with E-state index < -0.39 is 11.7 Å². The second-order valence-corrected chi connectivity index (χ2v) is 8.32. The number of hydrogen-bond donors (Lipinski definition) is 1. The molecule has 1 N–H and O–H groups in total. The number of rotatable bonds is 3. The van der Waals surface area contributed by atoms with E-state index in [4.69, 9.17) is 9.47 Å². The lowest BCUT2D eigenvalue weighted by molar-refractivity contribution is -0.0397. The Hall–Kier alpha value is -1.60. The van der Waals surface area contributed by atoms with Gasteiger partial charge in [0.05, 0.1) is 12.3 Å². The normalized spacial score (nSPS) is 23.7. The van der Waals surface area contributed by atoms with Crippen LogP contribution in [0.3, 0.4) is 0 Å². The first-order chi connectivity index (χ1) is 12.3. The lowest BCUT2D eigenvalue weighted by Crippen LogP contribution is -2.42. The Kier molecular flexibility index (Phi) is 5.87. The number of aliphatic hydroxyl groups is 1. The Bertz CT molecular complexity index is 596. The van der Waals surface area contributed by atoms with Gasteiger partial charge in [0.2, 0.25) is 0 Å². The van der Waals surface area contributed by atoms with Crippen LogP contribution in [0.15, 0.2) is 12.4 Å². The Labute approximate surface area is 155 Å². The molecule has 0 aromatic carbocycles. The predicted octanol–water partition coefficient (Wildman–Crippen LogP) is 3.26. The zero-order valence-electron chi connectivity index (χ0n) is 16.1. The van der Waals surface area contributed by atoms with Crippen molar-refractivity contribution in [1.29, 1.82) is 0 Å². The zero-order chi connectivity index (χ0) is 18.7. The summed E-state index contributed by atoms with van der Waals surface area (Å²) in [5, 5.41) is 15.1. The minimum atomic E-state index is -0.562. The average molecular weight is 365 g/mol. The summed E-state index contributed by atoms with van der Waals surface area (Å²) < 4.78 is 13.0. The van der Waals surface area contributed by atoms with Crippen molar-refractivity contribution in [2.24, 2.45) is 5.92 Å². The van der Waals surface area contributed by atoms with Crippen molar-refractivity contribution in [3.63, 3.8) is 0 Å². The first kappa shape index (κ1) is 19.2. The molecule has 2 unspecified atom stereocenters. The van der Waals surface area contributed by atoms with Gasteiger partial charge in [0.15, 0.2) is 0 Å². The number of aromatic nitrogens is 2. The Morgan fingerprint density at radius 2 is 2.04 bits per heavy atom. The molecule has 0 bridgehead atoms. The summed E-state index contributed by atoms with van der Waals surface area (Å²) in [5.74, 6) is 0.124. The minimum Gasteiger partial charge on any atom is -0.444 e. The first-order valence-corrected chi connectivity index (χ1v) is 9.65. The van der Waals surface area contributed by atoms with Crippen molar-refractivity contribution >= 4 is 6.09 Å². The molecule has 2 saturated heterocycles. The van der Waals surface area contributed by atoms with Gasteiger partial charge in [0.1, 0.15) is 11.8 Å². The van der Waals surface area contributed by atoms with Crippen molar-refractivity contribution in [3.05, 3.63) is 18.0 Å². The number of aliphatic hydroxyl groups excluding tert-OH is 1. The molecule has 0 spiro atoms. The lowest BCUT2D eigenvalue weighted by atomic mass is 9.89. The molecular formula is C19H31N3O4. The average Bonchev–Trinajstić information content (AvgIpc) is 3.11. The van der Waals surface area contributed by atoms with E-state index in [-0.39, 0.29) is 18.2 Å². The summed E-state index contributed by atoms with van der Waals surface area (Å²) >= 11 is 0. The van der Waals surface area contributed by atoms with Crippen LogP contribution >= 0.6 is 0 Å². The van der Waals surface area contributed by atoms with Crippen LogP contribution in [-0.2, 0) is 9.47 Å². The van der Waals surface area contributed by atoms with Crippen LogP contribution in [-0.4, -0.2) is 51.2 Å². The summed E-state index contributed by atoms with van der Waals surface area (Å²) in [7, 11) is 0. The van der Waals surface area contributed by atoms with Crippen LogP contribution < -0.4 is 0 Å². The van der Waals surface area contributed by atoms with Crippen LogP contribution in [0.2, 0.25) is 0 Å². The number of likely N-dealkylation sites (tertiary alicyclic amines) is 1. The van der Waals surface area contributed by atoms with Gasteiger partial charge in [-0.05, 0) is 58.8 Å². The van der Waals surface area contributed by atoms with E-state index in [1.54, 1.807) is 11.1 Å². The summed E-state index contributed by atoms with van der Waals surface area (Å²) in [4.78, 5) is 13.9. The maximum atomic E-state index is 12.2. The van der Waals surface area contributed by atoms with E-state index in [0.29, 0.717) is 13.1 Å². The van der Waals surface area contributed by atoms with Gasteiger partial charge in [0.25, 0.3) is 0 Å². The maximum Gasteiger partial charge on any atom is 0.410 e. The zero-order valence-corrected chi connectivity index (χ0v) is 16.1. The predicted molar refractivity (Wildman–Crippen MR) is 96.6 cm³/mol. The highest BCUT2D eigenvalue weighted by molar-refractivity contribution is 5.68. The summed E-state index contributed by atoms with van der Waals surface area (Å²) in [6, 6.07) is 0. The summed E-state index contributed by atoms with van der Waals surface area (Å²) in [5.41, 5.74) is 0.346. The Morgan fingerprint density at radius 1 is 1.31 bits per heavy atom. The Balaban J connectivity index is 1.53. The van der Waals surface area contributed by atoms with E-state index in [9.17, 15) is 9.90 Å². The molecule has 3 rings (SSSR count). The molecule has 3 heterocycles. The van der Waals surface area contributed by atoms with Gasteiger partial charge in [-0.1, -0.05) is 0 Å². The Morgan fingerprint density at radius 3 is 2.65 bits per heavy atom. The maximum absolute atomic E-state index is 12.2. The molecule has 2 fully saturated rings. The smallest absolute Gasteiger partial charge is 0.410 e. The quantitative estimate of drug-likeness (QED) is 0.890. The molecule has 2 aliphatic rings. The van der Waals surface area contributed by atoms with Crippen LogP contribution in [0.25, 0.3) is 0 Å². The second-order valence-electron chi connectivity index (χ2n) is 8.32. The molecule has 7 heteroatoms. The summed E-state index contributed by atoms with van der Waals surface area (Å²) in [6.45, 7) is 7.60. The van der Waals surface area contributed by atoms with E-state index in [0.717, 1.165) is 44.3 Å². The molecule has 7 nitrogen and oxygen atoms in total. The summed E-state index contributed by atoms with van der Waals surface area (Å²) in [6.07, 6.45) is 7.51. The fourth-order valence-electron chi connectivity index (χ4n) is 3.59. The first-order valence-electron chi connectivity index (χ1n) is 9.65. The van der Waals surface area contributed by atoms with E-state index in [2.05, 4.69) is 5.10 Å². The highest BCUT2D eigenvalue weighted by atomic mass is 16.6. The number of carbonyl (C=O) groups excluding carboxylic acids is 1. The van der Waals surface area contributed by atoms with Crippen molar-refractivity contribution in [2.45, 2.75) is 70.8 Å². The molecule has 2 aliphatic heterocycles. The second kappa shape index (κ2) is 7.96. The number of hydrogen-bond acceptors (Lipinski definition) is 5. The number of piperidine rings is 1. The third-order valence-corrected chi connectivity index (χ3v) is 5.05. The molecule has 0 saturated carbocycles. The van der Waals surface area contributed by atoms with Gasteiger partial charge < -0.3 is 19.5 Å². The molecular weight excluding hydrogens is 334 g/mol. The molecule has 26 heavy (non-hydrogen) atoms. The van der Waals surface area contributed by atoms with Crippen LogP contribution in [0.5, 0.6) is 0 Å². The number of ether oxygens (including phenoxy) is 2. The molecule has 146 valence electrons. The van der Waals surface area contributed by atoms with Gasteiger partial charge in [0, 0.05) is 31.5 Å². The topological polar surface area (TPSA) is 76.8 Å². The van der Waals surface area contributed by atoms with Crippen molar-refractivity contribution in [2.75, 3.05) is 19.7 Å². The van der Waals surface area contributed by atoms with Gasteiger partial charge in [-0.3, -0.25) is 0 Å². The monoisotopic (exact) mass is 365 g/mol. The number of amides is 1. The van der Waals surface area contributed by atoms with Crippen LogP contribution in [0.1, 0.15) is 70.8 Å². The molecule has 2 atom stereocenters. The fourth-order valence-corrected chi connectivity index (χ4v) is 3.59. The van der Waals surface area contributed by atoms with E-state index in [1.807, 2.05) is 31.6 Å². The van der Waals surface area contributed by atoms with Crippen LogP contribution in [0.4, 0.5) is 4.79 Å². The number of carbonyl (C=O) groups is 1. The van der Waals surface area contributed by atoms with E-state index in [1.165, 1.54) is 0 Å². The molecule has 1 amide bonds. The SMILES string of the molecule is CC(C)(C)OC(=O)N1CCC(C(O)c2cnn(C3CCCCO3)c2)CC1. The third kappa shape index (κ3) is 4.76. The van der Waals surface area contributed by atoms with Gasteiger partial charge in [-0.2, -0.15) is 5.10 Å². The van der Waals surface area contributed by atoms with Gasteiger partial charge in [-0.15, -0.1) is 0 Å². The lowest BCUT2D eigenvalue weighted by Gasteiger charge is -2.35. The molecule has 0 radical (unpaired) electrons.